The highest BCUT2D eigenvalue weighted by atomic mass is 31.0. The molecule has 0 saturated heterocycles. The molecule has 0 aliphatic heterocycles. The highest BCUT2D eigenvalue weighted by Crippen LogP contribution is 2.20. The SMILES string of the molecule is C=CC(C)(P)C=CC=C(C)CCC=C(C)C. The van der Waals surface area contributed by atoms with Crippen LogP contribution in [0.15, 0.2) is 48.1 Å². The van der Waals surface area contributed by atoms with Crippen LogP contribution in [0.1, 0.15) is 40.5 Å². The van der Waals surface area contributed by atoms with Gasteiger partial charge >= 0.3 is 0 Å². The molecule has 0 fully saturated rings. The van der Waals surface area contributed by atoms with Gasteiger partial charge in [0.25, 0.3) is 0 Å². The van der Waals surface area contributed by atoms with Crippen LogP contribution in [0.3, 0.4) is 0 Å². The standard InChI is InChI=1S/C15H25P/c1-6-15(5,16)12-8-11-14(4)10-7-9-13(2)3/h6,8-9,11-12H,1,7,10,16H2,2-5H3. The Kier molecular flexibility index (Phi) is 7.34. The van der Waals surface area contributed by atoms with E-state index in [4.69, 9.17) is 0 Å². The van der Waals surface area contributed by atoms with Crippen LogP contribution in [-0.2, 0) is 0 Å². The molecule has 0 radical (unpaired) electrons. The van der Waals surface area contributed by atoms with Crippen LogP contribution >= 0.6 is 9.24 Å². The van der Waals surface area contributed by atoms with E-state index in [9.17, 15) is 0 Å². The third-order valence-electron chi connectivity index (χ3n) is 2.37. The van der Waals surface area contributed by atoms with Crippen LogP contribution in [0.4, 0.5) is 0 Å². The molecule has 2 unspecified atom stereocenters. The van der Waals surface area contributed by atoms with Gasteiger partial charge in [0.05, 0.1) is 0 Å². The maximum absolute atomic E-state index is 3.80. The zero-order valence-electron chi connectivity index (χ0n) is 11.1. The lowest BCUT2D eigenvalue weighted by Gasteiger charge is -2.12. The van der Waals surface area contributed by atoms with Crippen molar-refractivity contribution < 1.29 is 0 Å². The number of allylic oxidation sites excluding steroid dienone is 7. The summed E-state index contributed by atoms with van der Waals surface area (Å²) in [6.07, 6.45) is 12.9. The zero-order valence-corrected chi connectivity index (χ0v) is 12.2. The Hall–Kier alpha value is -0.610. The van der Waals surface area contributed by atoms with E-state index < -0.39 is 0 Å². The third kappa shape index (κ3) is 8.68. The molecule has 16 heavy (non-hydrogen) atoms. The fourth-order valence-electron chi connectivity index (χ4n) is 1.16. The second-order valence-corrected chi connectivity index (χ2v) is 6.01. The van der Waals surface area contributed by atoms with Crippen molar-refractivity contribution in [3.63, 3.8) is 0 Å². The van der Waals surface area contributed by atoms with E-state index in [1.807, 2.05) is 6.08 Å². The van der Waals surface area contributed by atoms with Crippen LogP contribution in [0.2, 0.25) is 0 Å². The van der Waals surface area contributed by atoms with Crippen molar-refractivity contribution in [2.45, 2.75) is 45.7 Å². The van der Waals surface area contributed by atoms with Gasteiger partial charge in [-0.05, 0) is 40.5 Å². The summed E-state index contributed by atoms with van der Waals surface area (Å²) in [6, 6.07) is 0. The van der Waals surface area contributed by atoms with Gasteiger partial charge in [0, 0.05) is 5.16 Å². The molecule has 0 nitrogen and oxygen atoms in total. The first-order chi connectivity index (χ1) is 7.37. The van der Waals surface area contributed by atoms with Gasteiger partial charge in [-0.15, -0.1) is 15.8 Å². The van der Waals surface area contributed by atoms with E-state index in [1.165, 1.54) is 11.1 Å². The maximum atomic E-state index is 3.80. The van der Waals surface area contributed by atoms with Gasteiger partial charge in [-0.2, -0.15) is 0 Å². The summed E-state index contributed by atoms with van der Waals surface area (Å²) in [5.74, 6) is 0. The van der Waals surface area contributed by atoms with E-state index in [2.05, 4.69) is 67.8 Å². The number of hydrogen-bond donors (Lipinski definition) is 0. The van der Waals surface area contributed by atoms with E-state index in [0.717, 1.165) is 12.8 Å². The molecule has 0 saturated carbocycles. The molecule has 0 aromatic carbocycles. The summed E-state index contributed by atoms with van der Waals surface area (Å²) in [4.78, 5) is 0. The molecule has 0 aromatic rings. The molecule has 0 amide bonds. The number of hydrogen-bond acceptors (Lipinski definition) is 0. The molecule has 2 atom stereocenters. The Morgan fingerprint density at radius 3 is 2.44 bits per heavy atom. The van der Waals surface area contributed by atoms with Crippen LogP contribution in [-0.4, -0.2) is 5.16 Å². The van der Waals surface area contributed by atoms with Crippen molar-refractivity contribution in [1.82, 2.24) is 0 Å². The summed E-state index contributed by atoms with van der Waals surface area (Å²) in [5, 5.41) is 0.0106. The Balaban J connectivity index is 4.15. The molecule has 0 aromatic heterocycles. The van der Waals surface area contributed by atoms with Gasteiger partial charge < -0.3 is 0 Å². The van der Waals surface area contributed by atoms with Gasteiger partial charge in [-0.25, -0.2) is 0 Å². The molecule has 0 bridgehead atoms. The molecular weight excluding hydrogens is 211 g/mol. The third-order valence-corrected chi connectivity index (χ3v) is 2.80. The fourth-order valence-corrected chi connectivity index (χ4v) is 1.27. The first-order valence-electron chi connectivity index (χ1n) is 5.78. The fraction of sp³-hybridized carbons (Fsp3) is 0.467. The first-order valence-corrected chi connectivity index (χ1v) is 6.36. The lowest BCUT2D eigenvalue weighted by molar-refractivity contribution is 0.965. The molecule has 0 rings (SSSR count). The van der Waals surface area contributed by atoms with Gasteiger partial charge in [-0.3, -0.25) is 0 Å². The van der Waals surface area contributed by atoms with E-state index in [1.54, 1.807) is 0 Å². The number of rotatable bonds is 6. The topological polar surface area (TPSA) is 0 Å². The van der Waals surface area contributed by atoms with E-state index in [-0.39, 0.29) is 5.16 Å². The van der Waals surface area contributed by atoms with Crippen molar-refractivity contribution in [2.24, 2.45) is 0 Å². The smallest absolute Gasteiger partial charge is 0.0177 e. The second-order valence-electron chi connectivity index (χ2n) is 4.76. The monoisotopic (exact) mass is 236 g/mol. The van der Waals surface area contributed by atoms with E-state index >= 15 is 0 Å². The van der Waals surface area contributed by atoms with Crippen LogP contribution in [0, 0.1) is 0 Å². The maximum Gasteiger partial charge on any atom is 0.0177 e. The van der Waals surface area contributed by atoms with Crippen molar-refractivity contribution in [3.05, 3.63) is 48.1 Å². The zero-order chi connectivity index (χ0) is 12.6. The molecule has 0 heterocycles. The minimum Gasteiger partial charge on any atom is -0.123 e. The Morgan fingerprint density at radius 1 is 1.31 bits per heavy atom. The van der Waals surface area contributed by atoms with Crippen molar-refractivity contribution in [1.29, 1.82) is 0 Å². The normalized spacial score (nSPS) is 15.9. The van der Waals surface area contributed by atoms with Crippen LogP contribution in [0.25, 0.3) is 0 Å². The molecule has 0 N–H and O–H groups in total. The van der Waals surface area contributed by atoms with Gasteiger partial charge in [0.2, 0.25) is 0 Å². The molecule has 90 valence electrons. The lowest BCUT2D eigenvalue weighted by Crippen LogP contribution is -2.04. The highest BCUT2D eigenvalue weighted by Gasteiger charge is 2.05. The van der Waals surface area contributed by atoms with Crippen molar-refractivity contribution >= 4 is 9.24 Å². The minimum atomic E-state index is 0.0106. The van der Waals surface area contributed by atoms with Gasteiger partial charge in [0.15, 0.2) is 0 Å². The van der Waals surface area contributed by atoms with Crippen LogP contribution < -0.4 is 0 Å². The Bertz CT molecular complexity index is 299. The summed E-state index contributed by atoms with van der Waals surface area (Å²) in [7, 11) is 2.78. The summed E-state index contributed by atoms with van der Waals surface area (Å²) >= 11 is 0. The van der Waals surface area contributed by atoms with Crippen molar-refractivity contribution in [2.75, 3.05) is 0 Å². The predicted octanol–water partition coefficient (Wildman–Crippen LogP) is 5.06. The summed E-state index contributed by atoms with van der Waals surface area (Å²) in [5.41, 5.74) is 2.81. The summed E-state index contributed by atoms with van der Waals surface area (Å²) in [6.45, 7) is 12.4. The van der Waals surface area contributed by atoms with Gasteiger partial charge in [-0.1, -0.05) is 41.5 Å². The Labute approximate surface area is 103 Å². The van der Waals surface area contributed by atoms with E-state index in [0.29, 0.717) is 0 Å². The minimum absolute atomic E-state index is 0.0106. The molecular formula is C15H25P. The average molecular weight is 236 g/mol. The first kappa shape index (κ1) is 15.4. The molecule has 1 heteroatoms. The van der Waals surface area contributed by atoms with Crippen molar-refractivity contribution in [3.8, 4) is 0 Å². The van der Waals surface area contributed by atoms with Gasteiger partial charge in [0.1, 0.15) is 0 Å². The lowest BCUT2D eigenvalue weighted by atomic mass is 10.1. The average Bonchev–Trinajstić information content (AvgIpc) is 2.17. The predicted molar refractivity (Wildman–Crippen MR) is 79.9 cm³/mol. The highest BCUT2D eigenvalue weighted by molar-refractivity contribution is 7.19. The largest absolute Gasteiger partial charge is 0.123 e. The molecule has 0 aliphatic carbocycles. The quantitative estimate of drug-likeness (QED) is 0.344. The Morgan fingerprint density at radius 2 is 1.94 bits per heavy atom. The molecule has 0 spiro atoms. The second kappa shape index (κ2) is 7.63. The summed E-state index contributed by atoms with van der Waals surface area (Å²) < 4.78 is 0. The van der Waals surface area contributed by atoms with Crippen LogP contribution in [0.5, 0.6) is 0 Å². The molecule has 0 aliphatic rings.